The van der Waals surface area contributed by atoms with Crippen LogP contribution in [-0.4, -0.2) is 49.0 Å². The first-order chi connectivity index (χ1) is 15.0. The van der Waals surface area contributed by atoms with Gasteiger partial charge in [0, 0.05) is 31.9 Å². The van der Waals surface area contributed by atoms with E-state index in [2.05, 4.69) is 15.1 Å². The van der Waals surface area contributed by atoms with Gasteiger partial charge >= 0.3 is 12.1 Å². The molecule has 0 aliphatic carbocycles. The molecule has 0 saturated carbocycles. The van der Waals surface area contributed by atoms with Crippen LogP contribution in [0.1, 0.15) is 18.4 Å². The fraction of sp³-hybridized carbons (Fsp3) is 0.368. The molecule has 1 aliphatic heterocycles. The summed E-state index contributed by atoms with van der Waals surface area (Å²) in [6.07, 6.45) is -3.13. The highest BCUT2D eigenvalue weighted by Gasteiger charge is 2.38. The summed E-state index contributed by atoms with van der Waals surface area (Å²) in [5.74, 6) is -6.53. The number of aromatic hydroxyl groups is 1. The SMILES string of the molecule is Cn1nc(-c2cc(C(F)(F)F)c(F)c(O)c2F)c2cnc(N3CCC(C(=O)O)CC3)nc21. The highest BCUT2D eigenvalue weighted by molar-refractivity contribution is 5.91. The Bertz CT molecular complexity index is 1220. The third-order valence-electron chi connectivity index (χ3n) is 5.43. The Morgan fingerprint density at radius 2 is 1.84 bits per heavy atom. The molecule has 0 radical (unpaired) electrons. The van der Waals surface area contributed by atoms with E-state index in [0.29, 0.717) is 25.9 Å². The number of aliphatic carboxylic acids is 1. The van der Waals surface area contributed by atoms with E-state index >= 15 is 0 Å². The van der Waals surface area contributed by atoms with Crippen LogP contribution in [0.15, 0.2) is 12.3 Å². The van der Waals surface area contributed by atoms with E-state index in [1.165, 1.54) is 17.9 Å². The average molecular weight is 457 g/mol. The second-order valence-corrected chi connectivity index (χ2v) is 7.43. The summed E-state index contributed by atoms with van der Waals surface area (Å²) < 4.78 is 69.0. The molecule has 32 heavy (non-hydrogen) atoms. The van der Waals surface area contributed by atoms with Gasteiger partial charge in [-0.1, -0.05) is 0 Å². The zero-order chi connectivity index (χ0) is 23.4. The Morgan fingerprint density at radius 3 is 2.44 bits per heavy atom. The first kappa shape index (κ1) is 21.7. The molecule has 8 nitrogen and oxygen atoms in total. The largest absolute Gasteiger partial charge is 0.503 e. The number of piperidine rings is 1. The van der Waals surface area contributed by atoms with E-state index < -0.39 is 46.6 Å². The van der Waals surface area contributed by atoms with Crippen molar-refractivity contribution in [2.45, 2.75) is 19.0 Å². The number of phenols is 1. The number of aromatic nitrogens is 4. The number of benzene rings is 1. The first-order valence-electron chi connectivity index (χ1n) is 9.45. The Hall–Kier alpha value is -3.51. The number of hydrogen-bond acceptors (Lipinski definition) is 6. The Balaban J connectivity index is 1.77. The Kier molecular flexibility index (Phi) is 5.13. The van der Waals surface area contributed by atoms with Crippen LogP contribution < -0.4 is 4.90 Å². The second kappa shape index (κ2) is 7.57. The van der Waals surface area contributed by atoms with Crippen LogP contribution in [0, 0.1) is 17.6 Å². The average Bonchev–Trinajstić information content (AvgIpc) is 3.07. The summed E-state index contributed by atoms with van der Waals surface area (Å²) in [4.78, 5) is 21.4. The van der Waals surface area contributed by atoms with Gasteiger partial charge in [0.15, 0.2) is 23.0 Å². The maximum atomic E-state index is 14.5. The summed E-state index contributed by atoms with van der Waals surface area (Å²) in [7, 11) is 1.44. The fourth-order valence-electron chi connectivity index (χ4n) is 3.71. The van der Waals surface area contributed by atoms with Gasteiger partial charge in [0.05, 0.1) is 16.9 Å². The molecule has 1 fully saturated rings. The summed E-state index contributed by atoms with van der Waals surface area (Å²) in [6.45, 7) is 0.783. The molecular weight excluding hydrogens is 441 g/mol. The van der Waals surface area contributed by atoms with E-state index in [-0.39, 0.29) is 28.7 Å². The Labute approximate surface area is 176 Å². The number of phenolic OH excluding ortho intramolecular Hbond substituents is 1. The topological polar surface area (TPSA) is 104 Å². The third-order valence-corrected chi connectivity index (χ3v) is 5.43. The maximum Gasteiger partial charge on any atom is 0.419 e. The molecule has 13 heteroatoms. The van der Waals surface area contributed by atoms with E-state index in [1.807, 2.05) is 0 Å². The quantitative estimate of drug-likeness (QED) is 0.582. The van der Waals surface area contributed by atoms with Crippen molar-refractivity contribution in [3.8, 4) is 17.0 Å². The van der Waals surface area contributed by atoms with Crippen molar-refractivity contribution in [1.29, 1.82) is 0 Å². The molecule has 3 heterocycles. The minimum absolute atomic E-state index is 0.0923. The molecule has 0 amide bonds. The summed E-state index contributed by atoms with van der Waals surface area (Å²) >= 11 is 0. The number of fused-ring (bicyclic) bond motifs is 1. The number of carboxylic acids is 1. The van der Waals surface area contributed by atoms with E-state index in [4.69, 9.17) is 5.11 Å². The molecule has 170 valence electrons. The molecule has 0 unspecified atom stereocenters. The zero-order valence-corrected chi connectivity index (χ0v) is 16.5. The lowest BCUT2D eigenvalue weighted by atomic mass is 9.97. The van der Waals surface area contributed by atoms with E-state index in [1.54, 1.807) is 4.90 Å². The molecule has 4 rings (SSSR count). The second-order valence-electron chi connectivity index (χ2n) is 7.43. The molecular formula is C19H16F5N5O3. The van der Waals surface area contributed by atoms with Gasteiger partial charge in [0.1, 0.15) is 5.69 Å². The van der Waals surface area contributed by atoms with Crippen LogP contribution in [0.5, 0.6) is 5.75 Å². The number of halogens is 5. The van der Waals surface area contributed by atoms with Gasteiger partial charge in [-0.2, -0.15) is 23.3 Å². The number of anilines is 1. The smallest absolute Gasteiger partial charge is 0.419 e. The summed E-state index contributed by atoms with van der Waals surface area (Å²) in [6, 6.07) is 0.247. The van der Waals surface area contributed by atoms with Gasteiger partial charge in [-0.05, 0) is 18.9 Å². The van der Waals surface area contributed by atoms with E-state index in [9.17, 15) is 31.9 Å². The highest BCUT2D eigenvalue weighted by atomic mass is 19.4. The molecule has 0 atom stereocenters. The molecule has 2 aromatic heterocycles. The molecule has 0 spiro atoms. The number of hydrogen-bond donors (Lipinski definition) is 2. The van der Waals surface area contributed by atoms with Crippen molar-refractivity contribution in [3.05, 3.63) is 29.5 Å². The monoisotopic (exact) mass is 457 g/mol. The number of aryl methyl sites for hydroxylation is 1. The van der Waals surface area contributed by atoms with Crippen LogP contribution in [0.4, 0.5) is 27.9 Å². The number of carbonyl (C=O) groups is 1. The zero-order valence-electron chi connectivity index (χ0n) is 16.5. The van der Waals surface area contributed by atoms with Crippen molar-refractivity contribution >= 4 is 23.0 Å². The van der Waals surface area contributed by atoms with Crippen LogP contribution in [-0.2, 0) is 18.0 Å². The highest BCUT2D eigenvalue weighted by Crippen LogP contribution is 2.41. The minimum Gasteiger partial charge on any atom is -0.503 e. The number of alkyl halides is 3. The number of carboxylic acid groups (broad SMARTS) is 1. The normalized spacial score (nSPS) is 15.5. The molecule has 1 aliphatic rings. The molecule has 1 saturated heterocycles. The molecule has 3 aromatic rings. The van der Waals surface area contributed by atoms with Crippen molar-refractivity contribution < 1.29 is 37.0 Å². The van der Waals surface area contributed by atoms with Gasteiger partial charge in [-0.25, -0.2) is 18.4 Å². The van der Waals surface area contributed by atoms with Gasteiger partial charge in [-0.15, -0.1) is 0 Å². The number of rotatable bonds is 3. The van der Waals surface area contributed by atoms with Crippen molar-refractivity contribution in [2.75, 3.05) is 18.0 Å². The predicted octanol–water partition coefficient (Wildman–Crippen LogP) is 3.33. The Morgan fingerprint density at radius 1 is 1.19 bits per heavy atom. The minimum atomic E-state index is -5.17. The van der Waals surface area contributed by atoms with Crippen LogP contribution in [0.25, 0.3) is 22.3 Å². The van der Waals surface area contributed by atoms with Crippen LogP contribution in [0.3, 0.4) is 0 Å². The lowest BCUT2D eigenvalue weighted by Gasteiger charge is -2.29. The van der Waals surface area contributed by atoms with Gasteiger partial charge < -0.3 is 15.1 Å². The van der Waals surface area contributed by atoms with E-state index in [0.717, 1.165) is 0 Å². The standard InChI is InChI=1S/C19H16F5N5O3/c1-28-16-10(7-25-18(26-16)29-4-2-8(3-5-29)17(31)32)14(27-28)9-6-11(19(22,23)24)13(21)15(30)12(9)20/h6-8,30H,2-5H2,1H3,(H,31,32). The van der Waals surface area contributed by atoms with Gasteiger partial charge in [0.25, 0.3) is 0 Å². The number of nitrogens with zero attached hydrogens (tertiary/aromatic N) is 5. The van der Waals surface area contributed by atoms with Gasteiger partial charge in [-0.3, -0.25) is 4.79 Å². The fourth-order valence-corrected chi connectivity index (χ4v) is 3.71. The van der Waals surface area contributed by atoms with Crippen molar-refractivity contribution in [1.82, 2.24) is 19.7 Å². The van der Waals surface area contributed by atoms with Crippen molar-refractivity contribution in [2.24, 2.45) is 13.0 Å². The van der Waals surface area contributed by atoms with Gasteiger partial charge in [0.2, 0.25) is 5.95 Å². The third kappa shape index (κ3) is 3.56. The predicted molar refractivity (Wildman–Crippen MR) is 101 cm³/mol. The maximum absolute atomic E-state index is 14.5. The molecule has 1 aromatic carbocycles. The molecule has 2 N–H and O–H groups in total. The van der Waals surface area contributed by atoms with Crippen LogP contribution >= 0.6 is 0 Å². The lowest BCUT2D eigenvalue weighted by Crippen LogP contribution is -2.37. The molecule has 0 bridgehead atoms. The summed E-state index contributed by atoms with van der Waals surface area (Å²) in [5, 5.41) is 22.8. The first-order valence-corrected chi connectivity index (χ1v) is 9.45. The van der Waals surface area contributed by atoms with Crippen LogP contribution in [0.2, 0.25) is 0 Å². The lowest BCUT2D eigenvalue weighted by molar-refractivity contribution is -0.142. The summed E-state index contributed by atoms with van der Waals surface area (Å²) in [5.41, 5.74) is -2.71. The van der Waals surface area contributed by atoms with Crippen molar-refractivity contribution in [3.63, 3.8) is 0 Å².